The number of carboxylic acid groups (broad SMARTS) is 1. The molecule has 0 saturated carbocycles. The quantitative estimate of drug-likeness (QED) is 0.370. The van der Waals surface area contributed by atoms with E-state index in [1.165, 1.54) is 16.7 Å². The Labute approximate surface area is 172 Å². The first-order chi connectivity index (χ1) is 14.9. The second-order valence-corrected chi connectivity index (χ2v) is 7.09. The largest absolute Gasteiger partial charge is 0.477 e. The van der Waals surface area contributed by atoms with Gasteiger partial charge in [0, 0.05) is 11.6 Å². The molecule has 12 heteroatoms. The van der Waals surface area contributed by atoms with E-state index in [0.717, 1.165) is 11.1 Å². The van der Waals surface area contributed by atoms with Crippen LogP contribution < -0.4 is 16.8 Å². The molecule has 1 aromatic carbocycles. The van der Waals surface area contributed by atoms with Crippen LogP contribution in [0.5, 0.6) is 0 Å². The monoisotopic (exact) mass is 421 g/mol. The molecule has 5 N–H and O–H groups in total. The number of nitrogens with two attached hydrogens (primary N) is 1. The van der Waals surface area contributed by atoms with Crippen LogP contribution in [-0.4, -0.2) is 41.5 Å². The number of H-pyrrole nitrogens is 1. The van der Waals surface area contributed by atoms with Crippen molar-refractivity contribution >= 4 is 23.5 Å². The van der Waals surface area contributed by atoms with Crippen molar-refractivity contribution < 1.29 is 19.2 Å². The number of nitrogens with one attached hydrogen (secondary N) is 2. The zero-order valence-electron chi connectivity index (χ0n) is 15.8. The number of carbonyl (C=O) groups is 2. The number of aromatic carboxylic acids is 1. The van der Waals surface area contributed by atoms with Crippen LogP contribution in [-0.2, 0) is 6.42 Å². The number of nitrogen functional groups attached to an aromatic ring is 1. The van der Waals surface area contributed by atoms with Gasteiger partial charge in [-0.05, 0) is 30.0 Å². The maximum atomic E-state index is 12.8. The molecule has 1 amide bonds. The standard InChI is InChI=1S/C19H15N7O5/c20-14-7-26-13(17(28)29)6-12(22-18(26)23-14)16(27)21-11-4-2-8-5-9(1-3-10(8)11)15-24-19(30)31-25-15/h1,3,5-7,11H,2,4,20H2,(H,21,27)(H,28,29)(H,24,25,30)/t11-/m0/s1. The molecule has 156 valence electrons. The summed E-state index contributed by atoms with van der Waals surface area (Å²) in [6.45, 7) is 0. The van der Waals surface area contributed by atoms with Crippen LogP contribution in [0.15, 0.2) is 39.8 Å². The van der Waals surface area contributed by atoms with Gasteiger partial charge in [0.1, 0.15) is 17.2 Å². The molecule has 0 unspecified atom stereocenters. The molecule has 0 spiro atoms. The zero-order valence-corrected chi connectivity index (χ0v) is 15.8. The normalized spacial score (nSPS) is 15.2. The predicted molar refractivity (Wildman–Crippen MR) is 105 cm³/mol. The van der Waals surface area contributed by atoms with Gasteiger partial charge in [0.25, 0.3) is 5.91 Å². The van der Waals surface area contributed by atoms with E-state index in [1.54, 1.807) is 6.07 Å². The highest BCUT2D eigenvalue weighted by Gasteiger charge is 2.26. The average Bonchev–Trinajstić information content (AvgIpc) is 3.44. The third-order valence-electron chi connectivity index (χ3n) is 5.15. The van der Waals surface area contributed by atoms with Crippen LogP contribution in [0.25, 0.3) is 17.2 Å². The number of benzene rings is 1. The van der Waals surface area contributed by atoms with Crippen LogP contribution in [0.2, 0.25) is 0 Å². The molecule has 3 heterocycles. The third-order valence-corrected chi connectivity index (χ3v) is 5.15. The summed E-state index contributed by atoms with van der Waals surface area (Å²) in [5.74, 6) is -1.93. The van der Waals surface area contributed by atoms with Gasteiger partial charge >= 0.3 is 11.7 Å². The zero-order chi connectivity index (χ0) is 21.7. The Bertz CT molecular complexity index is 1420. The van der Waals surface area contributed by atoms with Gasteiger partial charge in [-0.1, -0.05) is 17.3 Å². The molecule has 1 aliphatic carbocycles. The number of carbonyl (C=O) groups excluding carboxylic acids is 1. The summed E-state index contributed by atoms with van der Waals surface area (Å²) in [5, 5.41) is 16.0. The minimum atomic E-state index is -1.23. The van der Waals surface area contributed by atoms with Crippen molar-refractivity contribution in [1.29, 1.82) is 0 Å². The Balaban J connectivity index is 1.42. The second kappa shape index (κ2) is 6.79. The van der Waals surface area contributed by atoms with E-state index in [0.29, 0.717) is 24.2 Å². The van der Waals surface area contributed by atoms with Gasteiger partial charge in [-0.25, -0.2) is 14.6 Å². The predicted octanol–water partition coefficient (Wildman–Crippen LogP) is 0.770. The van der Waals surface area contributed by atoms with E-state index in [2.05, 4.69) is 29.9 Å². The number of imidazole rings is 1. The van der Waals surface area contributed by atoms with E-state index in [-0.39, 0.29) is 29.0 Å². The summed E-state index contributed by atoms with van der Waals surface area (Å²) in [7, 11) is 0. The smallest absolute Gasteiger partial charge is 0.439 e. The Hall–Kier alpha value is -4.48. The Kier molecular flexibility index (Phi) is 4.06. The number of rotatable bonds is 4. The summed E-state index contributed by atoms with van der Waals surface area (Å²) in [4.78, 5) is 46.2. The van der Waals surface area contributed by atoms with Crippen molar-refractivity contribution in [3.05, 3.63) is 63.5 Å². The van der Waals surface area contributed by atoms with Gasteiger partial charge < -0.3 is 16.2 Å². The van der Waals surface area contributed by atoms with Gasteiger partial charge in [-0.15, -0.1) is 0 Å². The summed E-state index contributed by atoms with van der Waals surface area (Å²) >= 11 is 0. The molecule has 0 aliphatic heterocycles. The van der Waals surface area contributed by atoms with Crippen molar-refractivity contribution in [1.82, 2.24) is 29.8 Å². The fourth-order valence-electron chi connectivity index (χ4n) is 3.77. The minimum absolute atomic E-state index is 0.0284. The number of aromatic nitrogens is 5. The summed E-state index contributed by atoms with van der Waals surface area (Å²) in [5.41, 5.74) is 8.02. The van der Waals surface area contributed by atoms with Crippen LogP contribution >= 0.6 is 0 Å². The molecule has 0 radical (unpaired) electrons. The van der Waals surface area contributed by atoms with Crippen LogP contribution in [0.3, 0.4) is 0 Å². The molecular weight excluding hydrogens is 406 g/mol. The highest BCUT2D eigenvalue weighted by atomic mass is 16.5. The van der Waals surface area contributed by atoms with Crippen LogP contribution in [0, 0.1) is 0 Å². The molecular formula is C19H15N7O5. The molecule has 0 saturated heterocycles. The van der Waals surface area contributed by atoms with Crippen molar-refractivity contribution in [3.8, 4) is 11.4 Å². The first kappa shape index (κ1) is 18.5. The number of nitrogens with zero attached hydrogens (tertiary/aromatic N) is 4. The average molecular weight is 421 g/mol. The molecule has 4 aromatic rings. The van der Waals surface area contributed by atoms with Gasteiger partial charge in [-0.3, -0.25) is 18.7 Å². The van der Waals surface area contributed by atoms with E-state index in [9.17, 15) is 19.5 Å². The Morgan fingerprint density at radius 3 is 2.87 bits per heavy atom. The fraction of sp³-hybridized carbons (Fsp3) is 0.158. The topological polar surface area (TPSA) is 182 Å². The number of hydrogen-bond acceptors (Lipinski definition) is 8. The highest BCUT2D eigenvalue weighted by Crippen LogP contribution is 2.33. The van der Waals surface area contributed by atoms with Gasteiger partial charge in [-0.2, -0.15) is 4.98 Å². The molecule has 0 fully saturated rings. The van der Waals surface area contributed by atoms with Crippen molar-refractivity contribution in [3.63, 3.8) is 0 Å². The van der Waals surface area contributed by atoms with E-state index < -0.39 is 17.6 Å². The molecule has 1 atom stereocenters. The maximum absolute atomic E-state index is 12.8. The lowest BCUT2D eigenvalue weighted by Gasteiger charge is -2.14. The third kappa shape index (κ3) is 3.19. The Morgan fingerprint density at radius 1 is 1.29 bits per heavy atom. The summed E-state index contributed by atoms with van der Waals surface area (Å²) in [6.07, 6.45) is 2.70. The van der Waals surface area contributed by atoms with Crippen LogP contribution in [0.4, 0.5) is 5.82 Å². The lowest BCUT2D eigenvalue weighted by atomic mass is 10.0. The molecule has 3 aromatic heterocycles. The SMILES string of the molecule is Nc1cn2c(C(=O)O)cc(C(=O)N[C@H]3CCc4cc(-c5noc(=O)[nH]5)ccc43)nc2n1. The first-order valence-corrected chi connectivity index (χ1v) is 9.28. The maximum Gasteiger partial charge on any atom is 0.439 e. The minimum Gasteiger partial charge on any atom is -0.477 e. The fourth-order valence-corrected chi connectivity index (χ4v) is 3.77. The number of hydrogen-bond donors (Lipinski definition) is 4. The van der Waals surface area contributed by atoms with Gasteiger partial charge in [0.05, 0.1) is 12.2 Å². The van der Waals surface area contributed by atoms with Crippen molar-refractivity contribution in [2.75, 3.05) is 5.73 Å². The van der Waals surface area contributed by atoms with E-state index >= 15 is 0 Å². The number of amides is 1. The lowest BCUT2D eigenvalue weighted by molar-refractivity contribution is 0.0688. The molecule has 31 heavy (non-hydrogen) atoms. The number of fused-ring (bicyclic) bond motifs is 2. The molecule has 0 bridgehead atoms. The summed E-state index contributed by atoms with van der Waals surface area (Å²) < 4.78 is 5.76. The summed E-state index contributed by atoms with van der Waals surface area (Å²) in [6, 6.07) is 6.42. The highest BCUT2D eigenvalue weighted by molar-refractivity contribution is 5.96. The molecule has 5 rings (SSSR count). The van der Waals surface area contributed by atoms with E-state index in [1.807, 2.05) is 12.1 Å². The van der Waals surface area contributed by atoms with Gasteiger partial charge in [0.2, 0.25) is 5.78 Å². The first-order valence-electron chi connectivity index (χ1n) is 9.28. The van der Waals surface area contributed by atoms with Crippen molar-refractivity contribution in [2.45, 2.75) is 18.9 Å². The number of carboxylic acids is 1. The molecule has 12 nitrogen and oxygen atoms in total. The Morgan fingerprint density at radius 2 is 2.13 bits per heavy atom. The number of aryl methyl sites for hydroxylation is 1. The van der Waals surface area contributed by atoms with Crippen molar-refractivity contribution in [2.24, 2.45) is 0 Å². The number of aromatic amines is 1. The second-order valence-electron chi connectivity index (χ2n) is 7.09. The number of anilines is 1. The molecule has 1 aliphatic rings. The van der Waals surface area contributed by atoms with Gasteiger partial charge in [0.15, 0.2) is 5.82 Å². The van der Waals surface area contributed by atoms with Crippen LogP contribution in [0.1, 0.15) is 44.6 Å². The van der Waals surface area contributed by atoms with E-state index in [4.69, 9.17) is 5.73 Å². The lowest BCUT2D eigenvalue weighted by Crippen LogP contribution is -2.28.